The summed E-state index contributed by atoms with van der Waals surface area (Å²) in [5, 5.41) is 14.3. The number of rotatable bonds is 7. The van der Waals surface area contributed by atoms with Crippen molar-refractivity contribution in [2.75, 3.05) is 6.54 Å². The highest BCUT2D eigenvalue weighted by Gasteiger charge is 2.52. The first kappa shape index (κ1) is 30.2. The van der Waals surface area contributed by atoms with Gasteiger partial charge < -0.3 is 19.8 Å². The van der Waals surface area contributed by atoms with Crippen LogP contribution in [0.25, 0.3) is 0 Å². The molecule has 6 nitrogen and oxygen atoms in total. The topological polar surface area (TPSA) is 74.8 Å². The van der Waals surface area contributed by atoms with Crippen molar-refractivity contribution in [2.45, 2.75) is 99.5 Å². The number of piperidine rings is 1. The summed E-state index contributed by atoms with van der Waals surface area (Å²) in [6, 6.07) is -0.931. The average Bonchev–Trinajstić information content (AvgIpc) is 3.70. The quantitative estimate of drug-likeness (QED) is 0.296. The zero-order valence-electron chi connectivity index (χ0n) is 22.9. The van der Waals surface area contributed by atoms with Gasteiger partial charge in [-0.3, -0.25) is 10.2 Å². The van der Waals surface area contributed by atoms with Crippen molar-refractivity contribution >= 4 is 29.1 Å². The fourth-order valence-corrected chi connectivity index (χ4v) is 8.21. The molecule has 3 aliphatic carbocycles. The highest BCUT2D eigenvalue weighted by molar-refractivity contribution is 6.30. The van der Waals surface area contributed by atoms with Crippen LogP contribution in [0.2, 0.25) is 0 Å². The molecule has 1 aliphatic heterocycles. The first-order valence-electron chi connectivity index (χ1n) is 14.7. The smallest absolute Gasteiger partial charge is 0.353 e. The lowest BCUT2D eigenvalue weighted by Gasteiger charge is -2.45. The summed E-state index contributed by atoms with van der Waals surface area (Å²) in [5.41, 5.74) is 0.298. The van der Waals surface area contributed by atoms with E-state index in [2.05, 4.69) is 10.6 Å². The van der Waals surface area contributed by atoms with Crippen LogP contribution in [0.5, 0.6) is 0 Å². The number of imidazole rings is 1. The SMILES string of the molecule is Cn1ccn(CC2CC(C(=O)N[C@@H](C3CC3)C3CCC(Cl)C(Cl)C3)CC(C3NCC(F)CC3C(F)(F)F)C2)c1=N. The van der Waals surface area contributed by atoms with Crippen LogP contribution in [0.4, 0.5) is 17.6 Å². The van der Waals surface area contributed by atoms with Crippen LogP contribution in [-0.2, 0) is 18.4 Å². The summed E-state index contributed by atoms with van der Waals surface area (Å²) in [6.07, 6.45) is 2.88. The van der Waals surface area contributed by atoms with Crippen molar-refractivity contribution in [3.8, 4) is 0 Å². The molecule has 4 fully saturated rings. The van der Waals surface area contributed by atoms with Crippen LogP contribution in [-0.4, -0.2) is 56.8 Å². The number of carbonyl (C=O) groups is 1. The van der Waals surface area contributed by atoms with Crippen molar-refractivity contribution in [3.05, 3.63) is 18.0 Å². The molecule has 3 saturated carbocycles. The minimum absolute atomic E-state index is 0.00288. The Hall–Kier alpha value is -1.26. The maximum atomic E-state index is 14.1. The first-order valence-corrected chi connectivity index (χ1v) is 15.6. The summed E-state index contributed by atoms with van der Waals surface area (Å²) in [4.78, 5) is 13.8. The third-order valence-electron chi connectivity index (χ3n) is 9.87. The number of aromatic nitrogens is 2. The van der Waals surface area contributed by atoms with Gasteiger partial charge in [0.2, 0.25) is 11.5 Å². The van der Waals surface area contributed by atoms with E-state index < -0.39 is 42.6 Å². The summed E-state index contributed by atoms with van der Waals surface area (Å²) in [5.74, 6) is -2.19. The number of nitrogens with zero attached hydrogens (tertiary/aromatic N) is 2. The maximum absolute atomic E-state index is 14.1. The normalized spacial score (nSPS) is 38.1. The summed E-state index contributed by atoms with van der Waals surface area (Å²) in [7, 11) is 1.77. The molecule has 9 unspecified atom stereocenters. The third kappa shape index (κ3) is 6.86. The molecule has 0 bridgehead atoms. The van der Waals surface area contributed by atoms with Gasteiger partial charge in [0.05, 0.1) is 11.3 Å². The number of halogens is 6. The lowest BCUT2D eigenvalue weighted by Crippen LogP contribution is -2.57. The van der Waals surface area contributed by atoms with Gasteiger partial charge in [-0.25, -0.2) is 4.39 Å². The number of alkyl halides is 6. The van der Waals surface area contributed by atoms with Crippen molar-refractivity contribution in [1.29, 1.82) is 5.41 Å². The van der Waals surface area contributed by atoms with E-state index in [9.17, 15) is 22.4 Å². The van der Waals surface area contributed by atoms with Gasteiger partial charge >= 0.3 is 6.18 Å². The molecule has 12 heteroatoms. The summed E-state index contributed by atoms with van der Waals surface area (Å²) >= 11 is 12.9. The van der Waals surface area contributed by atoms with Gasteiger partial charge in [0.15, 0.2) is 0 Å². The van der Waals surface area contributed by atoms with Crippen LogP contribution in [0.15, 0.2) is 12.4 Å². The fourth-order valence-electron chi connectivity index (χ4n) is 7.63. The molecule has 1 amide bonds. The number of amides is 1. The molecule has 1 aromatic heterocycles. The Bertz CT molecular complexity index is 1090. The fraction of sp³-hybridized carbons (Fsp3) is 0.857. The minimum atomic E-state index is -4.52. The minimum Gasteiger partial charge on any atom is -0.353 e. The molecule has 3 N–H and O–H groups in total. The largest absolute Gasteiger partial charge is 0.393 e. The molecule has 226 valence electrons. The van der Waals surface area contributed by atoms with Crippen LogP contribution in [0.1, 0.15) is 57.8 Å². The summed E-state index contributed by atoms with van der Waals surface area (Å²) in [6.45, 7) is 0.348. The molecule has 4 aliphatic rings. The van der Waals surface area contributed by atoms with Gasteiger partial charge in [0.1, 0.15) is 6.17 Å². The molecule has 10 atom stereocenters. The van der Waals surface area contributed by atoms with E-state index in [4.69, 9.17) is 28.6 Å². The van der Waals surface area contributed by atoms with Crippen molar-refractivity contribution in [1.82, 2.24) is 19.8 Å². The molecule has 0 aromatic carbocycles. The molecule has 1 saturated heterocycles. The standard InChI is InChI=1S/C28H41Cl2F4N5O/c1-38-6-7-39(27(38)35)14-15-8-18(25-21(28(32,33)34)12-20(31)13-36-25)10-19(9-15)26(40)37-24(16-2-3-16)17-4-5-22(29)23(30)11-17/h6-7,15-25,35-36H,2-5,8-14H2,1H3,(H,37,40)/t15?,17?,18?,19?,20?,21?,22?,23?,24-,25?/m0/s1. The van der Waals surface area contributed by atoms with E-state index >= 15 is 0 Å². The predicted molar refractivity (Wildman–Crippen MR) is 146 cm³/mol. The zero-order valence-corrected chi connectivity index (χ0v) is 24.4. The van der Waals surface area contributed by atoms with Gasteiger partial charge in [-0.2, -0.15) is 13.2 Å². The van der Waals surface area contributed by atoms with Crippen LogP contribution < -0.4 is 16.3 Å². The van der Waals surface area contributed by atoms with Gasteiger partial charge in [-0.05, 0) is 81.5 Å². The van der Waals surface area contributed by atoms with Crippen LogP contribution in [0.3, 0.4) is 0 Å². The van der Waals surface area contributed by atoms with Gasteiger partial charge in [0.25, 0.3) is 0 Å². The molecule has 0 spiro atoms. The Morgan fingerprint density at radius 2 is 1.80 bits per heavy atom. The maximum Gasteiger partial charge on any atom is 0.393 e. The Morgan fingerprint density at radius 1 is 1.07 bits per heavy atom. The van der Waals surface area contributed by atoms with E-state index in [0.717, 1.165) is 32.1 Å². The van der Waals surface area contributed by atoms with E-state index in [0.29, 0.717) is 37.3 Å². The molecule has 2 heterocycles. The highest BCUT2D eigenvalue weighted by Crippen LogP contribution is 2.46. The molecule has 40 heavy (non-hydrogen) atoms. The summed E-state index contributed by atoms with van der Waals surface area (Å²) < 4.78 is 59.8. The number of aryl methyl sites for hydroxylation is 1. The lowest BCUT2D eigenvalue weighted by atomic mass is 9.68. The predicted octanol–water partition coefficient (Wildman–Crippen LogP) is 5.13. The second-order valence-electron chi connectivity index (χ2n) is 12.8. The number of hydrogen-bond acceptors (Lipinski definition) is 3. The zero-order chi connectivity index (χ0) is 28.8. The second-order valence-corrected chi connectivity index (χ2v) is 13.9. The molecule has 5 rings (SSSR count). The van der Waals surface area contributed by atoms with E-state index in [1.807, 2.05) is 0 Å². The average molecular weight is 611 g/mol. The van der Waals surface area contributed by atoms with E-state index in [1.54, 1.807) is 28.6 Å². The lowest BCUT2D eigenvalue weighted by molar-refractivity contribution is -0.199. The Labute approximate surface area is 243 Å². The number of nitrogens with one attached hydrogen (secondary N) is 3. The Balaban J connectivity index is 1.35. The van der Waals surface area contributed by atoms with Crippen LogP contribution in [0, 0.1) is 40.9 Å². The third-order valence-corrected chi connectivity index (χ3v) is 11.0. The van der Waals surface area contributed by atoms with Crippen LogP contribution >= 0.6 is 23.2 Å². The highest BCUT2D eigenvalue weighted by atomic mass is 35.5. The molecule has 1 aromatic rings. The molecule has 0 radical (unpaired) electrons. The van der Waals surface area contributed by atoms with Crippen molar-refractivity contribution in [2.24, 2.45) is 42.6 Å². The van der Waals surface area contributed by atoms with Crippen molar-refractivity contribution < 1.29 is 22.4 Å². The van der Waals surface area contributed by atoms with Gasteiger partial charge in [-0.15, -0.1) is 23.2 Å². The number of carbonyl (C=O) groups excluding carboxylic acids is 1. The van der Waals surface area contributed by atoms with E-state index in [1.165, 1.54) is 0 Å². The number of hydrogen-bond donors (Lipinski definition) is 3. The van der Waals surface area contributed by atoms with Gasteiger partial charge in [0, 0.05) is 55.9 Å². The first-order chi connectivity index (χ1) is 18.9. The van der Waals surface area contributed by atoms with Crippen molar-refractivity contribution in [3.63, 3.8) is 0 Å². The monoisotopic (exact) mass is 609 g/mol. The Kier molecular flexibility index (Phi) is 9.18. The Morgan fingerprint density at radius 3 is 2.42 bits per heavy atom. The molecular formula is C28H41Cl2F4N5O. The molecular weight excluding hydrogens is 569 g/mol. The van der Waals surface area contributed by atoms with E-state index in [-0.39, 0.29) is 41.1 Å². The second kappa shape index (κ2) is 12.2. The van der Waals surface area contributed by atoms with Gasteiger partial charge in [-0.1, -0.05) is 0 Å².